The van der Waals surface area contributed by atoms with E-state index in [0.717, 1.165) is 6.42 Å². The average Bonchev–Trinajstić information content (AvgIpc) is 2.04. The lowest BCUT2D eigenvalue weighted by atomic mass is 9.93. The molecular weight excluding hydrogens is 172 g/mol. The second-order valence-electron chi connectivity index (χ2n) is 3.13. The van der Waals surface area contributed by atoms with E-state index in [1.165, 1.54) is 0 Å². The van der Waals surface area contributed by atoms with Crippen molar-refractivity contribution in [2.24, 2.45) is 22.8 Å². The standard InChI is InChI=1S/C9H17ClN2/c1-4-8(7(2)3)5-6-9(10)12-11/h5-8H,4,11H2,1-3H3/b6-5-,12-9+. The zero-order valence-electron chi connectivity index (χ0n) is 7.92. The maximum Gasteiger partial charge on any atom is 0.148 e. The predicted molar refractivity (Wildman–Crippen MR) is 55.2 cm³/mol. The van der Waals surface area contributed by atoms with Crippen molar-refractivity contribution in [1.29, 1.82) is 0 Å². The van der Waals surface area contributed by atoms with E-state index < -0.39 is 0 Å². The first-order valence-corrected chi connectivity index (χ1v) is 4.61. The van der Waals surface area contributed by atoms with Crippen LogP contribution in [0.4, 0.5) is 0 Å². The summed E-state index contributed by atoms with van der Waals surface area (Å²) in [4.78, 5) is 0. The summed E-state index contributed by atoms with van der Waals surface area (Å²) < 4.78 is 0. The molecule has 70 valence electrons. The second-order valence-corrected chi connectivity index (χ2v) is 3.51. The highest BCUT2D eigenvalue weighted by Crippen LogP contribution is 2.16. The molecule has 1 atom stereocenters. The Labute approximate surface area is 79.5 Å². The number of nitrogens with two attached hydrogens (primary N) is 1. The van der Waals surface area contributed by atoms with Crippen LogP contribution in [0.3, 0.4) is 0 Å². The number of hydrogen-bond acceptors (Lipinski definition) is 2. The Bertz CT molecular complexity index is 173. The molecule has 0 saturated carbocycles. The van der Waals surface area contributed by atoms with Gasteiger partial charge >= 0.3 is 0 Å². The molecule has 0 bridgehead atoms. The fourth-order valence-corrected chi connectivity index (χ4v) is 1.15. The third kappa shape index (κ3) is 4.39. The molecule has 0 aromatic heterocycles. The number of rotatable bonds is 4. The SMILES string of the molecule is CCC(/C=C\C(Cl)=N/N)C(C)C. The first-order valence-electron chi connectivity index (χ1n) is 4.23. The van der Waals surface area contributed by atoms with Gasteiger partial charge in [0.25, 0.3) is 0 Å². The second kappa shape index (κ2) is 6.06. The molecule has 0 spiro atoms. The Morgan fingerprint density at radius 1 is 1.58 bits per heavy atom. The van der Waals surface area contributed by atoms with Crippen LogP contribution in [0.1, 0.15) is 27.2 Å². The molecule has 0 heterocycles. The van der Waals surface area contributed by atoms with Gasteiger partial charge in [0.15, 0.2) is 0 Å². The molecule has 0 saturated heterocycles. The van der Waals surface area contributed by atoms with E-state index >= 15 is 0 Å². The van der Waals surface area contributed by atoms with Crippen LogP contribution in [0.5, 0.6) is 0 Å². The molecule has 0 aliphatic carbocycles. The normalized spacial score (nSPS) is 15.9. The summed E-state index contributed by atoms with van der Waals surface area (Å²) in [7, 11) is 0. The molecule has 0 aliphatic rings. The van der Waals surface area contributed by atoms with Crippen LogP contribution in [0.15, 0.2) is 17.3 Å². The van der Waals surface area contributed by atoms with Crippen LogP contribution in [0.2, 0.25) is 0 Å². The van der Waals surface area contributed by atoms with Gasteiger partial charge in [0.2, 0.25) is 0 Å². The summed E-state index contributed by atoms with van der Waals surface area (Å²) >= 11 is 5.61. The van der Waals surface area contributed by atoms with Gasteiger partial charge in [0.1, 0.15) is 5.17 Å². The highest BCUT2D eigenvalue weighted by atomic mass is 35.5. The Kier molecular flexibility index (Phi) is 5.81. The smallest absolute Gasteiger partial charge is 0.148 e. The lowest BCUT2D eigenvalue weighted by Crippen LogP contribution is -2.04. The summed E-state index contributed by atoms with van der Waals surface area (Å²) in [6.07, 6.45) is 4.93. The summed E-state index contributed by atoms with van der Waals surface area (Å²) in [5, 5.41) is 3.70. The van der Waals surface area contributed by atoms with Gasteiger partial charge < -0.3 is 5.84 Å². The van der Waals surface area contributed by atoms with E-state index in [1.54, 1.807) is 6.08 Å². The minimum Gasteiger partial charge on any atom is -0.322 e. The average molecular weight is 189 g/mol. The van der Waals surface area contributed by atoms with Crippen LogP contribution in [0, 0.1) is 11.8 Å². The third-order valence-corrected chi connectivity index (χ3v) is 2.16. The summed E-state index contributed by atoms with van der Waals surface area (Å²) in [5.74, 6) is 6.17. The Morgan fingerprint density at radius 2 is 2.17 bits per heavy atom. The maximum absolute atomic E-state index is 5.61. The van der Waals surface area contributed by atoms with Crippen molar-refractivity contribution >= 4 is 16.8 Å². The molecule has 0 rings (SSSR count). The molecule has 2 nitrogen and oxygen atoms in total. The molecule has 0 aromatic carbocycles. The first-order chi connectivity index (χ1) is 5.61. The van der Waals surface area contributed by atoms with Crippen molar-refractivity contribution in [2.75, 3.05) is 0 Å². The van der Waals surface area contributed by atoms with Crippen LogP contribution in [-0.2, 0) is 0 Å². The molecule has 0 fully saturated rings. The number of nitrogens with zero attached hydrogens (tertiary/aromatic N) is 1. The van der Waals surface area contributed by atoms with Crippen molar-refractivity contribution in [1.82, 2.24) is 0 Å². The van der Waals surface area contributed by atoms with Gasteiger partial charge in [-0.05, 0) is 24.3 Å². The van der Waals surface area contributed by atoms with Gasteiger partial charge in [-0.3, -0.25) is 0 Å². The van der Waals surface area contributed by atoms with Crippen LogP contribution in [0.25, 0.3) is 0 Å². The van der Waals surface area contributed by atoms with E-state index in [1.807, 2.05) is 0 Å². The number of allylic oxidation sites excluding steroid dienone is 2. The lowest BCUT2D eigenvalue weighted by Gasteiger charge is -2.13. The quantitative estimate of drug-likeness (QED) is 0.411. The molecule has 0 amide bonds. The van der Waals surface area contributed by atoms with Crippen molar-refractivity contribution in [3.05, 3.63) is 12.2 Å². The summed E-state index contributed by atoms with van der Waals surface area (Å²) in [5.41, 5.74) is 0. The van der Waals surface area contributed by atoms with E-state index in [0.29, 0.717) is 17.0 Å². The molecule has 3 heteroatoms. The first kappa shape index (κ1) is 11.5. The molecule has 0 radical (unpaired) electrons. The molecule has 2 N–H and O–H groups in total. The Morgan fingerprint density at radius 3 is 2.50 bits per heavy atom. The molecule has 1 unspecified atom stereocenters. The lowest BCUT2D eigenvalue weighted by molar-refractivity contribution is 0.453. The molecule has 12 heavy (non-hydrogen) atoms. The van der Waals surface area contributed by atoms with E-state index in [4.69, 9.17) is 17.4 Å². The van der Waals surface area contributed by atoms with Gasteiger partial charge in [-0.25, -0.2) is 0 Å². The van der Waals surface area contributed by atoms with Crippen LogP contribution < -0.4 is 5.84 Å². The van der Waals surface area contributed by atoms with Crippen LogP contribution >= 0.6 is 11.6 Å². The Hall–Kier alpha value is -0.500. The number of hydrazone groups is 1. The zero-order chi connectivity index (χ0) is 9.56. The fraction of sp³-hybridized carbons (Fsp3) is 0.667. The van der Waals surface area contributed by atoms with Crippen molar-refractivity contribution in [3.8, 4) is 0 Å². The third-order valence-electron chi connectivity index (χ3n) is 1.93. The van der Waals surface area contributed by atoms with E-state index in [2.05, 4.69) is 31.9 Å². The largest absolute Gasteiger partial charge is 0.322 e. The highest BCUT2D eigenvalue weighted by Gasteiger charge is 2.06. The molecular formula is C9H17ClN2. The van der Waals surface area contributed by atoms with Gasteiger partial charge in [-0.2, -0.15) is 5.10 Å². The fourth-order valence-electron chi connectivity index (χ4n) is 1.08. The van der Waals surface area contributed by atoms with Crippen molar-refractivity contribution in [2.45, 2.75) is 27.2 Å². The van der Waals surface area contributed by atoms with Gasteiger partial charge in [-0.1, -0.05) is 38.4 Å². The van der Waals surface area contributed by atoms with Crippen molar-refractivity contribution < 1.29 is 0 Å². The number of halogens is 1. The van der Waals surface area contributed by atoms with Gasteiger partial charge in [-0.15, -0.1) is 0 Å². The number of hydrogen-bond donors (Lipinski definition) is 1. The summed E-state index contributed by atoms with van der Waals surface area (Å²) in [6.45, 7) is 6.53. The maximum atomic E-state index is 5.61. The minimum absolute atomic E-state index is 0.356. The molecule has 0 aliphatic heterocycles. The van der Waals surface area contributed by atoms with E-state index in [-0.39, 0.29) is 0 Å². The van der Waals surface area contributed by atoms with Crippen molar-refractivity contribution in [3.63, 3.8) is 0 Å². The Balaban J connectivity index is 4.10. The summed E-state index contributed by atoms with van der Waals surface area (Å²) in [6, 6.07) is 0. The monoisotopic (exact) mass is 188 g/mol. The zero-order valence-corrected chi connectivity index (χ0v) is 8.67. The predicted octanol–water partition coefficient (Wildman–Crippen LogP) is 2.74. The van der Waals surface area contributed by atoms with Crippen LogP contribution in [-0.4, -0.2) is 5.17 Å². The van der Waals surface area contributed by atoms with Gasteiger partial charge in [0, 0.05) is 0 Å². The van der Waals surface area contributed by atoms with Gasteiger partial charge in [0.05, 0.1) is 0 Å². The molecule has 0 aromatic rings. The highest BCUT2D eigenvalue weighted by molar-refractivity contribution is 6.68. The topological polar surface area (TPSA) is 38.4 Å². The minimum atomic E-state index is 0.356. The van der Waals surface area contributed by atoms with E-state index in [9.17, 15) is 0 Å².